The number of fused-ring (bicyclic) bond motifs is 4. The normalized spacial score (nSPS) is 29.9. The van der Waals surface area contributed by atoms with Gasteiger partial charge in [-0.25, -0.2) is 4.39 Å². The second kappa shape index (κ2) is 8.19. The summed E-state index contributed by atoms with van der Waals surface area (Å²) in [6.45, 7) is 4.86. The zero-order valence-electron chi connectivity index (χ0n) is 16.6. The first-order chi connectivity index (χ1) is 13.5. The quantitative estimate of drug-likeness (QED) is 0.862. The highest BCUT2D eigenvalue weighted by molar-refractivity contribution is 5.79. The molecule has 0 aromatic heterocycles. The van der Waals surface area contributed by atoms with Crippen LogP contribution in [0.4, 0.5) is 4.39 Å². The third-order valence-corrected chi connectivity index (χ3v) is 6.78. The predicted molar refractivity (Wildman–Crippen MR) is 105 cm³/mol. The first-order valence-electron chi connectivity index (χ1n) is 10.5. The molecular weight excluding hydrogens is 357 g/mol. The Morgan fingerprint density at radius 2 is 2.04 bits per heavy atom. The molecule has 3 fully saturated rings. The van der Waals surface area contributed by atoms with Crippen LogP contribution in [0.1, 0.15) is 38.2 Å². The van der Waals surface area contributed by atoms with E-state index >= 15 is 0 Å². The average Bonchev–Trinajstić information content (AvgIpc) is 2.67. The van der Waals surface area contributed by atoms with Gasteiger partial charge in [-0.2, -0.15) is 0 Å². The fraction of sp³-hybridized carbons (Fsp3) is 0.636. The monoisotopic (exact) mass is 387 g/mol. The van der Waals surface area contributed by atoms with E-state index in [0.29, 0.717) is 30.5 Å². The van der Waals surface area contributed by atoms with E-state index in [1.807, 2.05) is 11.0 Å². The summed E-state index contributed by atoms with van der Waals surface area (Å²) < 4.78 is 13.5. The number of piperidine rings is 3. The number of benzene rings is 1. The highest BCUT2D eigenvalue weighted by Gasteiger charge is 2.47. The van der Waals surface area contributed by atoms with Crippen LogP contribution >= 0.6 is 0 Å². The smallest absolute Gasteiger partial charge is 0.227 e. The second-order valence-electron chi connectivity index (χ2n) is 8.67. The standard InChI is InChI=1S/C22H30FN3O2/c1-15(27)24-12-21-18-11-17(20-7-2-3-8-26(20)21)13-25(14-18)22(28)10-16-5-4-6-19(23)9-16/h4-6,9,17-18,20-21H,2-3,7-8,10-14H2,1H3,(H,24,27)/t17-,18+,20+,21+/m1/s1. The molecule has 2 amide bonds. The minimum Gasteiger partial charge on any atom is -0.355 e. The number of hydrogen-bond acceptors (Lipinski definition) is 3. The summed E-state index contributed by atoms with van der Waals surface area (Å²) in [5, 5.41) is 3.02. The van der Waals surface area contributed by atoms with Crippen molar-refractivity contribution in [3.8, 4) is 0 Å². The molecule has 2 bridgehead atoms. The molecule has 3 heterocycles. The van der Waals surface area contributed by atoms with E-state index in [9.17, 15) is 14.0 Å². The predicted octanol–water partition coefficient (Wildman–Crippen LogP) is 2.21. The first-order valence-corrected chi connectivity index (χ1v) is 10.5. The molecule has 0 unspecified atom stereocenters. The maximum Gasteiger partial charge on any atom is 0.227 e. The molecule has 3 aliphatic rings. The topological polar surface area (TPSA) is 52.7 Å². The van der Waals surface area contributed by atoms with Crippen LogP contribution in [0.3, 0.4) is 0 Å². The van der Waals surface area contributed by atoms with E-state index in [4.69, 9.17) is 0 Å². The first kappa shape index (κ1) is 19.4. The van der Waals surface area contributed by atoms with Crippen LogP contribution in [0.25, 0.3) is 0 Å². The molecular formula is C22H30FN3O2. The number of nitrogens with zero attached hydrogens (tertiary/aromatic N) is 2. The molecule has 0 saturated carbocycles. The molecule has 3 aliphatic heterocycles. The third-order valence-electron chi connectivity index (χ3n) is 6.78. The van der Waals surface area contributed by atoms with Crippen LogP contribution < -0.4 is 5.32 Å². The Labute approximate surface area is 166 Å². The zero-order valence-corrected chi connectivity index (χ0v) is 16.6. The minimum absolute atomic E-state index is 0.00512. The maximum atomic E-state index is 13.5. The van der Waals surface area contributed by atoms with Gasteiger partial charge in [0.05, 0.1) is 6.42 Å². The average molecular weight is 387 g/mol. The second-order valence-corrected chi connectivity index (χ2v) is 8.67. The Balaban J connectivity index is 1.49. The van der Waals surface area contributed by atoms with Gasteiger partial charge in [-0.1, -0.05) is 18.6 Å². The molecule has 28 heavy (non-hydrogen) atoms. The van der Waals surface area contributed by atoms with Gasteiger partial charge < -0.3 is 10.2 Å². The maximum absolute atomic E-state index is 13.5. The van der Waals surface area contributed by atoms with Crippen molar-refractivity contribution >= 4 is 11.8 Å². The summed E-state index contributed by atoms with van der Waals surface area (Å²) in [5.74, 6) is 0.683. The Bertz CT molecular complexity index is 740. The van der Waals surface area contributed by atoms with Gasteiger partial charge in [0.25, 0.3) is 0 Å². The van der Waals surface area contributed by atoms with Crippen LogP contribution in [0, 0.1) is 17.7 Å². The number of nitrogens with one attached hydrogen (secondary N) is 1. The molecule has 0 radical (unpaired) electrons. The van der Waals surface area contributed by atoms with Crippen LogP contribution in [-0.4, -0.2) is 59.9 Å². The molecule has 1 aromatic carbocycles. The fourth-order valence-electron chi connectivity index (χ4n) is 5.57. The van der Waals surface area contributed by atoms with Crippen molar-refractivity contribution in [3.63, 3.8) is 0 Å². The Kier molecular flexibility index (Phi) is 5.67. The van der Waals surface area contributed by atoms with Gasteiger partial charge in [-0.15, -0.1) is 0 Å². The largest absolute Gasteiger partial charge is 0.355 e. The molecule has 6 heteroatoms. The van der Waals surface area contributed by atoms with E-state index in [0.717, 1.165) is 31.6 Å². The number of amides is 2. The van der Waals surface area contributed by atoms with Crippen molar-refractivity contribution in [2.75, 3.05) is 26.2 Å². The Morgan fingerprint density at radius 3 is 2.82 bits per heavy atom. The summed E-state index contributed by atoms with van der Waals surface area (Å²) in [5.41, 5.74) is 0.731. The van der Waals surface area contributed by atoms with Crippen molar-refractivity contribution in [1.82, 2.24) is 15.1 Å². The lowest BCUT2D eigenvalue weighted by molar-refractivity contribution is -0.140. The number of hydrogen-bond donors (Lipinski definition) is 1. The SMILES string of the molecule is CC(=O)NC[C@H]1[C@H]2C[C@H](CN(C(=O)Cc3cccc(F)c3)C2)[C@@H]2CCCCN21. The van der Waals surface area contributed by atoms with Gasteiger partial charge in [0, 0.05) is 38.6 Å². The number of likely N-dealkylation sites (tertiary alicyclic amines) is 1. The Hall–Kier alpha value is -1.95. The number of carbonyl (C=O) groups is 2. The third kappa shape index (κ3) is 4.07. The lowest BCUT2D eigenvalue weighted by Crippen LogP contribution is -2.66. The van der Waals surface area contributed by atoms with Gasteiger partial charge in [0.1, 0.15) is 5.82 Å². The van der Waals surface area contributed by atoms with Crippen LogP contribution in [0.15, 0.2) is 24.3 Å². The van der Waals surface area contributed by atoms with Crippen molar-refractivity contribution in [2.45, 2.75) is 51.1 Å². The molecule has 1 N–H and O–H groups in total. The highest BCUT2D eigenvalue weighted by atomic mass is 19.1. The molecule has 0 spiro atoms. The zero-order chi connectivity index (χ0) is 19.7. The van der Waals surface area contributed by atoms with E-state index in [1.165, 1.54) is 31.4 Å². The van der Waals surface area contributed by atoms with E-state index in [2.05, 4.69) is 10.2 Å². The van der Waals surface area contributed by atoms with E-state index < -0.39 is 0 Å². The molecule has 4 rings (SSSR count). The van der Waals surface area contributed by atoms with E-state index in [1.54, 1.807) is 13.0 Å². The number of halogens is 1. The van der Waals surface area contributed by atoms with Crippen molar-refractivity contribution < 1.29 is 14.0 Å². The highest BCUT2D eigenvalue weighted by Crippen LogP contribution is 2.41. The summed E-state index contributed by atoms with van der Waals surface area (Å²) in [4.78, 5) is 29.1. The van der Waals surface area contributed by atoms with Crippen molar-refractivity contribution in [1.29, 1.82) is 0 Å². The van der Waals surface area contributed by atoms with Gasteiger partial charge in [-0.05, 0) is 55.3 Å². The van der Waals surface area contributed by atoms with Gasteiger partial charge >= 0.3 is 0 Å². The fourth-order valence-corrected chi connectivity index (χ4v) is 5.57. The summed E-state index contributed by atoms with van der Waals surface area (Å²) in [6.07, 6.45) is 5.03. The molecule has 1 aromatic rings. The van der Waals surface area contributed by atoms with Crippen LogP contribution in [-0.2, 0) is 16.0 Å². The molecule has 152 valence electrons. The molecule has 4 atom stereocenters. The van der Waals surface area contributed by atoms with Crippen LogP contribution in [0.5, 0.6) is 0 Å². The lowest BCUT2D eigenvalue weighted by atomic mass is 9.72. The molecule has 3 saturated heterocycles. The van der Waals surface area contributed by atoms with Gasteiger partial charge in [0.15, 0.2) is 0 Å². The van der Waals surface area contributed by atoms with Crippen molar-refractivity contribution in [3.05, 3.63) is 35.6 Å². The lowest BCUT2D eigenvalue weighted by Gasteiger charge is -2.56. The summed E-state index contributed by atoms with van der Waals surface area (Å²) in [7, 11) is 0. The number of rotatable bonds is 4. The van der Waals surface area contributed by atoms with E-state index in [-0.39, 0.29) is 24.1 Å². The van der Waals surface area contributed by atoms with Gasteiger partial charge in [-0.3, -0.25) is 14.5 Å². The van der Waals surface area contributed by atoms with Crippen molar-refractivity contribution in [2.24, 2.45) is 11.8 Å². The van der Waals surface area contributed by atoms with Crippen LogP contribution in [0.2, 0.25) is 0 Å². The number of carbonyl (C=O) groups excluding carboxylic acids is 2. The summed E-state index contributed by atoms with van der Waals surface area (Å²) in [6, 6.07) is 7.14. The minimum atomic E-state index is -0.297. The molecule has 5 nitrogen and oxygen atoms in total. The summed E-state index contributed by atoms with van der Waals surface area (Å²) >= 11 is 0. The van der Waals surface area contributed by atoms with Gasteiger partial charge in [0.2, 0.25) is 11.8 Å². The molecule has 0 aliphatic carbocycles. The Morgan fingerprint density at radius 1 is 1.21 bits per heavy atom.